The molecule has 8 heteroatoms. The average molecular weight is 404 g/mol. The van der Waals surface area contributed by atoms with Gasteiger partial charge in [0.1, 0.15) is 5.75 Å². The molecular formula is C22H20N4O4. The number of ether oxygens (including phenoxy) is 1. The van der Waals surface area contributed by atoms with Crippen LogP contribution in [0.15, 0.2) is 47.1 Å². The molecule has 8 nitrogen and oxygen atoms in total. The number of hydrogen-bond acceptors (Lipinski definition) is 5. The second kappa shape index (κ2) is 7.52. The van der Waals surface area contributed by atoms with E-state index in [4.69, 9.17) is 4.74 Å². The van der Waals surface area contributed by atoms with Gasteiger partial charge in [-0.15, -0.1) is 0 Å². The first-order valence-electron chi connectivity index (χ1n) is 9.43. The third kappa shape index (κ3) is 3.57. The summed E-state index contributed by atoms with van der Waals surface area (Å²) < 4.78 is 5.19. The minimum atomic E-state index is -1.54. The van der Waals surface area contributed by atoms with Gasteiger partial charge in [-0.3, -0.25) is 19.9 Å². The van der Waals surface area contributed by atoms with Crippen molar-refractivity contribution in [3.8, 4) is 17.6 Å². The molecule has 0 radical (unpaired) electrons. The summed E-state index contributed by atoms with van der Waals surface area (Å²) in [5.74, 6) is 5.56. The van der Waals surface area contributed by atoms with Gasteiger partial charge < -0.3 is 15.0 Å². The fourth-order valence-electron chi connectivity index (χ4n) is 3.50. The highest BCUT2D eigenvalue weighted by Crippen LogP contribution is 2.28. The second-order valence-corrected chi connectivity index (χ2v) is 7.30. The van der Waals surface area contributed by atoms with Crippen molar-refractivity contribution in [1.29, 1.82) is 0 Å². The molecule has 0 bridgehead atoms. The van der Waals surface area contributed by atoms with Crippen LogP contribution >= 0.6 is 0 Å². The molecule has 0 aromatic heterocycles. The first-order valence-corrected chi connectivity index (χ1v) is 9.43. The molecule has 3 aliphatic heterocycles. The zero-order valence-corrected chi connectivity index (χ0v) is 16.6. The van der Waals surface area contributed by atoms with Crippen LogP contribution in [0.25, 0.3) is 0 Å². The summed E-state index contributed by atoms with van der Waals surface area (Å²) in [6, 6.07) is 4.63. The van der Waals surface area contributed by atoms with E-state index in [2.05, 4.69) is 27.5 Å². The van der Waals surface area contributed by atoms with E-state index in [0.29, 0.717) is 29.9 Å². The normalized spacial score (nSPS) is 22.3. The molecule has 0 aliphatic carbocycles. The lowest BCUT2D eigenvalue weighted by molar-refractivity contribution is -0.122. The van der Waals surface area contributed by atoms with Crippen LogP contribution < -0.4 is 15.4 Å². The zero-order chi connectivity index (χ0) is 21.3. The van der Waals surface area contributed by atoms with Crippen molar-refractivity contribution in [2.45, 2.75) is 25.4 Å². The predicted octanol–water partition coefficient (Wildman–Crippen LogP) is 1.54. The molecule has 30 heavy (non-hydrogen) atoms. The minimum Gasteiger partial charge on any atom is -0.497 e. The fourth-order valence-corrected chi connectivity index (χ4v) is 3.50. The highest BCUT2D eigenvalue weighted by atomic mass is 16.5. The number of rotatable bonds is 3. The van der Waals surface area contributed by atoms with Crippen LogP contribution in [0.3, 0.4) is 0 Å². The Hall–Kier alpha value is -3.86. The van der Waals surface area contributed by atoms with Crippen molar-refractivity contribution in [1.82, 2.24) is 15.5 Å². The Bertz CT molecular complexity index is 1110. The second-order valence-electron chi connectivity index (χ2n) is 7.30. The van der Waals surface area contributed by atoms with Gasteiger partial charge in [-0.25, -0.2) is 4.79 Å². The van der Waals surface area contributed by atoms with Crippen LogP contribution in [0, 0.1) is 11.8 Å². The standard InChI is InChI=1S/C22H20N4O4/c1-14-4-3-5-15(11-23-14)8-9-22(20(28)24-21(29)25-22)13-26-12-16-6-7-17(30-2)10-18(16)19(26)27/h3,5-7,10-11H,4,12-13H2,1-2H3,(H2,24,25,28,29). The number of amides is 4. The number of fused-ring (bicyclic) bond motifs is 1. The lowest BCUT2D eigenvalue weighted by Gasteiger charge is -2.26. The zero-order valence-electron chi connectivity index (χ0n) is 16.6. The third-order valence-electron chi connectivity index (χ3n) is 5.12. The Kier molecular flexibility index (Phi) is 4.88. The third-order valence-corrected chi connectivity index (χ3v) is 5.12. The topological polar surface area (TPSA) is 100 Å². The fraction of sp³-hybridized carbons (Fsp3) is 0.273. The van der Waals surface area contributed by atoms with E-state index in [9.17, 15) is 14.4 Å². The molecule has 3 aliphatic rings. The van der Waals surface area contributed by atoms with Crippen molar-refractivity contribution >= 4 is 23.6 Å². The lowest BCUT2D eigenvalue weighted by Crippen LogP contribution is -2.54. The number of methoxy groups -OCH3 is 1. The van der Waals surface area contributed by atoms with Crippen molar-refractivity contribution < 1.29 is 19.1 Å². The number of nitrogens with one attached hydrogen (secondary N) is 2. The number of benzene rings is 1. The molecule has 2 N–H and O–H groups in total. The summed E-state index contributed by atoms with van der Waals surface area (Å²) in [6.45, 7) is 2.15. The number of allylic oxidation sites excluding steroid dienone is 3. The van der Waals surface area contributed by atoms with Gasteiger partial charge in [0.05, 0.1) is 13.7 Å². The van der Waals surface area contributed by atoms with Crippen molar-refractivity contribution in [2.75, 3.05) is 13.7 Å². The van der Waals surface area contributed by atoms with E-state index in [0.717, 1.165) is 11.3 Å². The number of urea groups is 1. The number of imide groups is 1. The molecule has 1 atom stereocenters. The quantitative estimate of drug-likeness (QED) is 0.590. The van der Waals surface area contributed by atoms with Crippen molar-refractivity contribution in [3.05, 3.63) is 53.3 Å². The molecule has 1 unspecified atom stereocenters. The van der Waals surface area contributed by atoms with E-state index in [-0.39, 0.29) is 12.5 Å². The monoisotopic (exact) mass is 404 g/mol. The average Bonchev–Trinajstić information content (AvgIpc) is 3.07. The van der Waals surface area contributed by atoms with Crippen LogP contribution in [-0.2, 0) is 11.3 Å². The van der Waals surface area contributed by atoms with Gasteiger partial charge >= 0.3 is 6.03 Å². The van der Waals surface area contributed by atoms with E-state index >= 15 is 0 Å². The van der Waals surface area contributed by atoms with Crippen molar-refractivity contribution in [2.24, 2.45) is 4.99 Å². The van der Waals surface area contributed by atoms with Gasteiger partial charge in [-0.2, -0.15) is 0 Å². The maximum Gasteiger partial charge on any atom is 0.323 e. The molecule has 152 valence electrons. The molecule has 1 saturated heterocycles. The van der Waals surface area contributed by atoms with E-state index in [1.165, 1.54) is 12.0 Å². The van der Waals surface area contributed by atoms with E-state index < -0.39 is 17.5 Å². The first-order chi connectivity index (χ1) is 14.4. The van der Waals surface area contributed by atoms with Gasteiger partial charge in [0.2, 0.25) is 5.54 Å². The molecular weight excluding hydrogens is 384 g/mol. The Morgan fingerprint density at radius 2 is 2.13 bits per heavy atom. The maximum atomic E-state index is 12.9. The molecule has 4 rings (SSSR count). The van der Waals surface area contributed by atoms with Gasteiger partial charge in [-0.05, 0) is 30.7 Å². The van der Waals surface area contributed by atoms with E-state index in [1.54, 1.807) is 18.3 Å². The summed E-state index contributed by atoms with van der Waals surface area (Å²) in [7, 11) is 1.53. The van der Waals surface area contributed by atoms with Crippen LogP contribution in [0.2, 0.25) is 0 Å². The maximum absolute atomic E-state index is 12.9. The lowest BCUT2D eigenvalue weighted by atomic mass is 9.99. The Labute approximate surface area is 173 Å². The van der Waals surface area contributed by atoms with E-state index in [1.807, 2.05) is 25.1 Å². The first kappa shape index (κ1) is 19.5. The molecule has 1 aromatic rings. The summed E-state index contributed by atoms with van der Waals surface area (Å²) in [6.07, 6.45) is 6.09. The molecule has 0 spiro atoms. The Balaban J connectivity index is 1.64. The molecule has 4 amide bonds. The van der Waals surface area contributed by atoms with Crippen LogP contribution in [0.1, 0.15) is 29.3 Å². The molecule has 3 heterocycles. The molecule has 1 fully saturated rings. The Morgan fingerprint density at radius 1 is 1.30 bits per heavy atom. The molecule has 1 aromatic carbocycles. The molecule has 0 saturated carbocycles. The number of aliphatic imine (C=N–C) groups is 1. The van der Waals surface area contributed by atoms with Gasteiger partial charge in [0, 0.05) is 36.0 Å². The van der Waals surface area contributed by atoms with Crippen LogP contribution in [-0.4, -0.2) is 47.7 Å². The predicted molar refractivity (Wildman–Crippen MR) is 110 cm³/mol. The summed E-state index contributed by atoms with van der Waals surface area (Å²) >= 11 is 0. The highest BCUT2D eigenvalue weighted by Gasteiger charge is 2.48. The van der Waals surface area contributed by atoms with Gasteiger partial charge in [0.25, 0.3) is 11.8 Å². The van der Waals surface area contributed by atoms with Crippen LogP contribution in [0.5, 0.6) is 5.75 Å². The Morgan fingerprint density at radius 3 is 2.87 bits per heavy atom. The van der Waals surface area contributed by atoms with Crippen molar-refractivity contribution in [3.63, 3.8) is 0 Å². The SMILES string of the molecule is COc1ccc2c(c1)C(=O)N(CC1(C#CC3=CN=C(C)CC=C3)NC(=O)NC1=O)C2. The summed E-state index contributed by atoms with van der Waals surface area (Å²) in [4.78, 5) is 43.2. The number of carbonyl (C=O) groups is 3. The number of nitrogens with zero attached hydrogens (tertiary/aromatic N) is 2. The number of hydrogen-bond donors (Lipinski definition) is 2. The summed E-state index contributed by atoms with van der Waals surface area (Å²) in [5.41, 5.74) is 1.36. The smallest absolute Gasteiger partial charge is 0.323 e. The largest absolute Gasteiger partial charge is 0.497 e. The van der Waals surface area contributed by atoms with Gasteiger partial charge in [-0.1, -0.05) is 24.0 Å². The minimum absolute atomic E-state index is 0.0767. The highest BCUT2D eigenvalue weighted by molar-refractivity contribution is 6.10. The number of carbonyl (C=O) groups excluding carboxylic acids is 3. The van der Waals surface area contributed by atoms with Gasteiger partial charge in [0.15, 0.2) is 0 Å². The summed E-state index contributed by atoms with van der Waals surface area (Å²) in [5, 5.41) is 4.83. The van der Waals surface area contributed by atoms with Crippen LogP contribution in [0.4, 0.5) is 4.79 Å².